The zero-order chi connectivity index (χ0) is 19.1. The summed E-state index contributed by atoms with van der Waals surface area (Å²) >= 11 is 0. The monoisotopic (exact) mass is 368 g/mol. The summed E-state index contributed by atoms with van der Waals surface area (Å²) in [4.78, 5) is 14.7. The Balaban J connectivity index is 1.40. The Labute approximate surface area is 161 Å². The van der Waals surface area contributed by atoms with Gasteiger partial charge in [0.25, 0.3) is 5.91 Å². The Hall–Kier alpha value is -2.69. The van der Waals surface area contributed by atoms with Gasteiger partial charge in [-0.2, -0.15) is 0 Å². The van der Waals surface area contributed by atoms with Crippen LogP contribution in [0.15, 0.2) is 48.5 Å². The first-order valence-electron chi connectivity index (χ1n) is 9.58. The highest BCUT2D eigenvalue weighted by molar-refractivity contribution is 5.80. The number of para-hydroxylation sites is 1. The van der Waals surface area contributed by atoms with Crippen LogP contribution in [0.5, 0.6) is 11.5 Å². The lowest BCUT2D eigenvalue weighted by Crippen LogP contribution is -2.38. The van der Waals surface area contributed by atoms with E-state index in [9.17, 15) is 4.79 Å². The average molecular weight is 368 g/mol. The van der Waals surface area contributed by atoms with Crippen LogP contribution in [0, 0.1) is 0 Å². The fourth-order valence-corrected chi connectivity index (χ4v) is 3.38. The molecule has 1 aliphatic heterocycles. The number of nitrogens with one attached hydrogen (secondary N) is 1. The van der Waals surface area contributed by atoms with Crippen LogP contribution in [0.25, 0.3) is 0 Å². The Bertz CT molecular complexity index is 745. The molecule has 3 rings (SSSR count). The first-order chi connectivity index (χ1) is 13.2. The van der Waals surface area contributed by atoms with Gasteiger partial charge in [-0.1, -0.05) is 18.2 Å². The molecule has 144 valence electrons. The number of fused-ring (bicyclic) bond motifs is 1. The fraction of sp³-hybridized carbons (Fsp3) is 0.409. The predicted octanol–water partition coefficient (Wildman–Crippen LogP) is 3.42. The Morgan fingerprint density at radius 3 is 2.67 bits per heavy atom. The second-order valence-corrected chi connectivity index (χ2v) is 6.80. The van der Waals surface area contributed by atoms with Crippen LogP contribution in [0.1, 0.15) is 25.3 Å². The number of amides is 1. The zero-order valence-electron chi connectivity index (χ0n) is 16.1. The van der Waals surface area contributed by atoms with E-state index in [1.54, 1.807) is 26.2 Å². The Morgan fingerprint density at radius 2 is 1.89 bits per heavy atom. The van der Waals surface area contributed by atoms with E-state index in [0.29, 0.717) is 12.3 Å². The summed E-state index contributed by atoms with van der Waals surface area (Å²) in [5.41, 5.74) is 2.76. The van der Waals surface area contributed by atoms with Gasteiger partial charge in [-0.3, -0.25) is 4.79 Å². The molecule has 1 heterocycles. The van der Waals surface area contributed by atoms with Gasteiger partial charge in [0.05, 0.1) is 7.11 Å². The molecular weight excluding hydrogens is 340 g/mol. The van der Waals surface area contributed by atoms with Crippen LogP contribution in [-0.2, 0) is 11.2 Å². The number of carbonyl (C=O) groups excluding carboxylic acids is 1. The lowest BCUT2D eigenvalue weighted by atomic mass is 10.0. The van der Waals surface area contributed by atoms with Gasteiger partial charge < -0.3 is 19.7 Å². The number of nitrogens with zero attached hydrogens (tertiary/aromatic N) is 1. The van der Waals surface area contributed by atoms with Crippen molar-refractivity contribution >= 4 is 11.6 Å². The van der Waals surface area contributed by atoms with E-state index in [-0.39, 0.29) is 5.91 Å². The fourth-order valence-electron chi connectivity index (χ4n) is 3.38. The first kappa shape index (κ1) is 19.1. The number of ether oxygens (including phenoxy) is 2. The standard InChI is InChI=1S/C22H28N2O3/c1-17(27-20-12-10-19(26-2)11-13-20)22(25)23-14-6-16-24-15-5-8-18-7-3-4-9-21(18)24/h3-4,7,9-13,17H,5-6,8,14-16H2,1-2H3,(H,23,25)/t17-/m1/s1. The largest absolute Gasteiger partial charge is 0.497 e. The zero-order valence-corrected chi connectivity index (χ0v) is 16.1. The number of rotatable bonds is 8. The normalized spacial score (nSPS) is 14.2. The molecule has 5 nitrogen and oxygen atoms in total. The van der Waals surface area contributed by atoms with E-state index < -0.39 is 6.10 Å². The van der Waals surface area contributed by atoms with Gasteiger partial charge in [0.15, 0.2) is 6.10 Å². The number of methoxy groups -OCH3 is 1. The molecule has 0 saturated heterocycles. The summed E-state index contributed by atoms with van der Waals surface area (Å²) in [6.07, 6.45) is 2.73. The summed E-state index contributed by atoms with van der Waals surface area (Å²) in [6, 6.07) is 15.8. The van der Waals surface area contributed by atoms with E-state index in [2.05, 4.69) is 34.5 Å². The molecule has 1 atom stereocenters. The van der Waals surface area contributed by atoms with E-state index in [0.717, 1.165) is 31.7 Å². The molecule has 0 unspecified atom stereocenters. The highest BCUT2D eigenvalue weighted by Crippen LogP contribution is 2.26. The SMILES string of the molecule is COc1ccc(O[C@H](C)C(=O)NCCCN2CCCc3ccccc32)cc1. The third-order valence-corrected chi connectivity index (χ3v) is 4.85. The van der Waals surface area contributed by atoms with Crippen molar-refractivity contribution in [3.63, 3.8) is 0 Å². The molecule has 0 bridgehead atoms. The summed E-state index contributed by atoms with van der Waals surface area (Å²) in [7, 11) is 1.62. The molecule has 0 aliphatic carbocycles. The van der Waals surface area contributed by atoms with Gasteiger partial charge in [0.1, 0.15) is 11.5 Å². The minimum absolute atomic E-state index is 0.0927. The van der Waals surface area contributed by atoms with Crippen molar-refractivity contribution in [1.82, 2.24) is 5.32 Å². The van der Waals surface area contributed by atoms with Crippen LogP contribution in [0.3, 0.4) is 0 Å². The van der Waals surface area contributed by atoms with Crippen molar-refractivity contribution < 1.29 is 14.3 Å². The number of benzene rings is 2. The molecule has 2 aromatic carbocycles. The van der Waals surface area contributed by atoms with Crippen molar-refractivity contribution in [3.8, 4) is 11.5 Å². The quantitative estimate of drug-likeness (QED) is 0.726. The van der Waals surface area contributed by atoms with E-state index in [4.69, 9.17) is 9.47 Å². The maximum absolute atomic E-state index is 12.2. The van der Waals surface area contributed by atoms with E-state index in [1.807, 2.05) is 12.1 Å². The highest BCUT2D eigenvalue weighted by Gasteiger charge is 2.17. The summed E-state index contributed by atoms with van der Waals surface area (Å²) in [5, 5.41) is 2.97. The molecule has 0 spiro atoms. The Kier molecular flexibility index (Phi) is 6.58. The second kappa shape index (κ2) is 9.31. The van der Waals surface area contributed by atoms with Crippen molar-refractivity contribution in [3.05, 3.63) is 54.1 Å². The number of anilines is 1. The number of carbonyl (C=O) groups is 1. The first-order valence-corrected chi connectivity index (χ1v) is 9.58. The van der Waals surface area contributed by atoms with Crippen LogP contribution < -0.4 is 19.7 Å². The minimum atomic E-state index is -0.533. The molecule has 0 fully saturated rings. The van der Waals surface area contributed by atoms with Crippen LogP contribution >= 0.6 is 0 Å². The van der Waals surface area contributed by atoms with Crippen molar-refractivity contribution in [2.75, 3.05) is 31.6 Å². The van der Waals surface area contributed by atoms with Gasteiger partial charge in [-0.25, -0.2) is 0 Å². The van der Waals surface area contributed by atoms with Crippen LogP contribution in [0.4, 0.5) is 5.69 Å². The molecule has 1 N–H and O–H groups in total. The van der Waals surface area contributed by atoms with Crippen molar-refractivity contribution in [2.24, 2.45) is 0 Å². The van der Waals surface area contributed by atoms with Gasteiger partial charge >= 0.3 is 0 Å². The smallest absolute Gasteiger partial charge is 0.260 e. The van der Waals surface area contributed by atoms with Crippen LogP contribution in [-0.4, -0.2) is 38.8 Å². The summed E-state index contributed by atoms with van der Waals surface area (Å²) in [5.74, 6) is 1.33. The third-order valence-electron chi connectivity index (χ3n) is 4.85. The molecule has 1 amide bonds. The number of hydrogen-bond donors (Lipinski definition) is 1. The molecule has 0 saturated carbocycles. The minimum Gasteiger partial charge on any atom is -0.497 e. The molecule has 0 radical (unpaired) electrons. The second-order valence-electron chi connectivity index (χ2n) is 6.80. The van der Waals surface area contributed by atoms with Crippen LogP contribution in [0.2, 0.25) is 0 Å². The molecular formula is C22H28N2O3. The van der Waals surface area contributed by atoms with E-state index in [1.165, 1.54) is 17.7 Å². The third kappa shape index (κ3) is 5.16. The summed E-state index contributed by atoms with van der Waals surface area (Å²) in [6.45, 7) is 4.45. The van der Waals surface area contributed by atoms with Gasteiger partial charge in [-0.15, -0.1) is 0 Å². The average Bonchev–Trinajstić information content (AvgIpc) is 2.71. The lowest BCUT2D eigenvalue weighted by Gasteiger charge is -2.31. The highest BCUT2D eigenvalue weighted by atomic mass is 16.5. The van der Waals surface area contributed by atoms with E-state index >= 15 is 0 Å². The van der Waals surface area contributed by atoms with Crippen molar-refractivity contribution in [2.45, 2.75) is 32.3 Å². The number of hydrogen-bond acceptors (Lipinski definition) is 4. The molecule has 1 aliphatic rings. The van der Waals surface area contributed by atoms with Gasteiger partial charge in [0.2, 0.25) is 0 Å². The van der Waals surface area contributed by atoms with Gasteiger partial charge in [-0.05, 0) is 62.1 Å². The lowest BCUT2D eigenvalue weighted by molar-refractivity contribution is -0.127. The van der Waals surface area contributed by atoms with Gasteiger partial charge in [0, 0.05) is 25.3 Å². The summed E-state index contributed by atoms with van der Waals surface area (Å²) < 4.78 is 10.8. The topological polar surface area (TPSA) is 50.8 Å². The molecule has 0 aromatic heterocycles. The Morgan fingerprint density at radius 1 is 1.15 bits per heavy atom. The molecule has 2 aromatic rings. The molecule has 27 heavy (non-hydrogen) atoms. The maximum Gasteiger partial charge on any atom is 0.260 e. The van der Waals surface area contributed by atoms with Crippen molar-refractivity contribution in [1.29, 1.82) is 0 Å². The predicted molar refractivity (Wildman–Crippen MR) is 108 cm³/mol. The maximum atomic E-state index is 12.2. The molecule has 5 heteroatoms. The number of aryl methyl sites for hydroxylation is 1.